The van der Waals surface area contributed by atoms with Gasteiger partial charge in [0.2, 0.25) is 5.91 Å². The molecule has 0 saturated carbocycles. The number of hydrogen-bond donors (Lipinski definition) is 1. The Bertz CT molecular complexity index is 611. The van der Waals surface area contributed by atoms with E-state index >= 15 is 0 Å². The molecule has 0 aromatic carbocycles. The van der Waals surface area contributed by atoms with Crippen molar-refractivity contribution in [3.05, 3.63) is 54.4 Å². The lowest BCUT2D eigenvalue weighted by atomic mass is 10.1. The van der Waals surface area contributed by atoms with Gasteiger partial charge in [-0.05, 0) is 56.3 Å². The monoisotopic (exact) mass is 314 g/mol. The molecule has 1 atom stereocenters. The van der Waals surface area contributed by atoms with Crippen LogP contribution in [0, 0.1) is 0 Å². The van der Waals surface area contributed by atoms with Crippen molar-refractivity contribution in [3.8, 4) is 0 Å². The van der Waals surface area contributed by atoms with E-state index in [-0.39, 0.29) is 11.9 Å². The van der Waals surface area contributed by atoms with Gasteiger partial charge in [0, 0.05) is 12.6 Å². The zero-order valence-corrected chi connectivity index (χ0v) is 13.1. The second-order valence-electron chi connectivity index (χ2n) is 5.72. The van der Waals surface area contributed by atoms with Gasteiger partial charge < -0.3 is 14.2 Å². The predicted octanol–water partition coefficient (Wildman–Crippen LogP) is 3.23. The number of hydrogen-bond acceptors (Lipinski definition) is 4. The average Bonchev–Trinajstić information content (AvgIpc) is 3.28. The summed E-state index contributed by atoms with van der Waals surface area (Å²) in [5, 5.41) is 2.96. The predicted molar refractivity (Wildman–Crippen MR) is 87.6 cm³/mol. The van der Waals surface area contributed by atoms with Gasteiger partial charge in [-0.2, -0.15) is 0 Å². The Morgan fingerprint density at radius 2 is 1.96 bits per heavy atom. The molecule has 0 radical (unpaired) electrons. The molecule has 0 aliphatic carbocycles. The van der Waals surface area contributed by atoms with E-state index in [0.29, 0.717) is 12.3 Å². The zero-order valence-electron chi connectivity index (χ0n) is 13.1. The SMILES string of the molecule is O=C(/C=C/c1ccco1)NCC(c1ccco1)N1CCCCC1. The van der Waals surface area contributed by atoms with Crippen LogP contribution in [0.3, 0.4) is 0 Å². The number of carbonyl (C=O) groups is 1. The summed E-state index contributed by atoms with van der Waals surface area (Å²) in [6.45, 7) is 2.63. The summed E-state index contributed by atoms with van der Waals surface area (Å²) in [4.78, 5) is 14.4. The Hall–Kier alpha value is -2.27. The Morgan fingerprint density at radius 1 is 1.17 bits per heavy atom. The first-order chi connectivity index (χ1) is 11.3. The fourth-order valence-corrected chi connectivity index (χ4v) is 2.92. The van der Waals surface area contributed by atoms with Crippen LogP contribution in [-0.4, -0.2) is 30.4 Å². The molecule has 0 bridgehead atoms. The van der Waals surface area contributed by atoms with Gasteiger partial charge in [-0.25, -0.2) is 0 Å². The molecule has 5 heteroatoms. The molecule has 1 saturated heterocycles. The summed E-state index contributed by atoms with van der Waals surface area (Å²) in [6.07, 6.45) is 10.1. The van der Waals surface area contributed by atoms with Crippen LogP contribution in [0.2, 0.25) is 0 Å². The highest BCUT2D eigenvalue weighted by atomic mass is 16.3. The van der Waals surface area contributed by atoms with Crippen LogP contribution in [0.1, 0.15) is 36.8 Å². The maximum atomic E-state index is 12.0. The van der Waals surface area contributed by atoms with Gasteiger partial charge in [0.1, 0.15) is 11.5 Å². The molecule has 2 aromatic heterocycles. The zero-order chi connectivity index (χ0) is 15.9. The minimum absolute atomic E-state index is 0.0891. The van der Waals surface area contributed by atoms with E-state index in [1.54, 1.807) is 24.7 Å². The molecule has 1 fully saturated rings. The summed E-state index contributed by atoms with van der Waals surface area (Å²) in [6, 6.07) is 7.56. The maximum absolute atomic E-state index is 12.0. The van der Waals surface area contributed by atoms with E-state index < -0.39 is 0 Å². The second-order valence-corrected chi connectivity index (χ2v) is 5.72. The molecule has 1 aliphatic heterocycles. The number of carbonyl (C=O) groups excluding carboxylic acids is 1. The highest BCUT2D eigenvalue weighted by Gasteiger charge is 2.24. The number of rotatable bonds is 6. The third kappa shape index (κ3) is 4.36. The van der Waals surface area contributed by atoms with Crippen LogP contribution in [0.5, 0.6) is 0 Å². The molecule has 0 spiro atoms. The lowest BCUT2D eigenvalue weighted by Crippen LogP contribution is -2.40. The number of furan rings is 2. The normalized spacial score (nSPS) is 17.4. The van der Waals surface area contributed by atoms with Gasteiger partial charge >= 0.3 is 0 Å². The first kappa shape index (κ1) is 15.6. The van der Waals surface area contributed by atoms with Crippen molar-refractivity contribution in [3.63, 3.8) is 0 Å². The van der Waals surface area contributed by atoms with Crippen molar-refractivity contribution in [1.29, 1.82) is 0 Å². The molecule has 3 heterocycles. The van der Waals surface area contributed by atoms with E-state index in [2.05, 4.69) is 10.2 Å². The van der Waals surface area contributed by atoms with Gasteiger partial charge in [-0.15, -0.1) is 0 Å². The van der Waals surface area contributed by atoms with Crippen LogP contribution < -0.4 is 5.32 Å². The van der Waals surface area contributed by atoms with Crippen LogP contribution in [-0.2, 0) is 4.79 Å². The summed E-state index contributed by atoms with van der Waals surface area (Å²) in [7, 11) is 0. The number of nitrogens with zero attached hydrogens (tertiary/aromatic N) is 1. The summed E-state index contributed by atoms with van der Waals surface area (Å²) in [5.41, 5.74) is 0. The van der Waals surface area contributed by atoms with E-state index in [4.69, 9.17) is 8.83 Å². The first-order valence-electron chi connectivity index (χ1n) is 8.10. The average molecular weight is 314 g/mol. The van der Waals surface area contributed by atoms with Crippen LogP contribution in [0.15, 0.2) is 51.7 Å². The maximum Gasteiger partial charge on any atom is 0.244 e. The van der Waals surface area contributed by atoms with Crippen molar-refractivity contribution >= 4 is 12.0 Å². The second kappa shape index (κ2) is 7.83. The molecule has 2 aromatic rings. The molecule has 3 rings (SSSR count). The third-order valence-corrected chi connectivity index (χ3v) is 4.11. The smallest absolute Gasteiger partial charge is 0.244 e. The van der Waals surface area contributed by atoms with Gasteiger partial charge in [-0.3, -0.25) is 9.69 Å². The Balaban J connectivity index is 1.58. The highest BCUT2D eigenvalue weighted by molar-refractivity contribution is 5.91. The van der Waals surface area contributed by atoms with Crippen molar-refractivity contribution in [2.24, 2.45) is 0 Å². The number of nitrogens with one attached hydrogen (secondary N) is 1. The van der Waals surface area contributed by atoms with Crippen LogP contribution >= 0.6 is 0 Å². The van der Waals surface area contributed by atoms with Crippen molar-refractivity contribution in [2.75, 3.05) is 19.6 Å². The van der Waals surface area contributed by atoms with Gasteiger partial charge in [0.15, 0.2) is 0 Å². The molecular formula is C18H22N2O3. The van der Waals surface area contributed by atoms with Crippen molar-refractivity contribution < 1.29 is 13.6 Å². The first-order valence-corrected chi connectivity index (χ1v) is 8.10. The third-order valence-electron chi connectivity index (χ3n) is 4.11. The number of amides is 1. The molecule has 1 unspecified atom stereocenters. The lowest BCUT2D eigenvalue weighted by molar-refractivity contribution is -0.116. The Kier molecular flexibility index (Phi) is 5.32. The fourth-order valence-electron chi connectivity index (χ4n) is 2.92. The van der Waals surface area contributed by atoms with Gasteiger partial charge in [0.05, 0.1) is 18.6 Å². The minimum atomic E-state index is -0.130. The molecule has 122 valence electrons. The number of piperidine rings is 1. The molecule has 1 aliphatic rings. The molecule has 1 N–H and O–H groups in total. The van der Waals surface area contributed by atoms with Gasteiger partial charge in [0.25, 0.3) is 0 Å². The lowest BCUT2D eigenvalue weighted by Gasteiger charge is -2.33. The summed E-state index contributed by atoms with van der Waals surface area (Å²) >= 11 is 0. The summed E-state index contributed by atoms with van der Waals surface area (Å²) in [5.74, 6) is 1.44. The van der Waals surface area contributed by atoms with Crippen LogP contribution in [0.4, 0.5) is 0 Å². The largest absolute Gasteiger partial charge is 0.468 e. The summed E-state index contributed by atoms with van der Waals surface area (Å²) < 4.78 is 10.7. The Labute approximate surface area is 136 Å². The minimum Gasteiger partial charge on any atom is -0.468 e. The molecule has 5 nitrogen and oxygen atoms in total. The highest BCUT2D eigenvalue weighted by Crippen LogP contribution is 2.24. The van der Waals surface area contributed by atoms with Crippen molar-refractivity contribution in [1.82, 2.24) is 10.2 Å². The van der Waals surface area contributed by atoms with E-state index in [1.807, 2.05) is 18.2 Å². The molecule has 1 amide bonds. The fraction of sp³-hybridized carbons (Fsp3) is 0.389. The van der Waals surface area contributed by atoms with E-state index in [0.717, 1.165) is 18.8 Å². The number of likely N-dealkylation sites (tertiary alicyclic amines) is 1. The molecule has 23 heavy (non-hydrogen) atoms. The van der Waals surface area contributed by atoms with E-state index in [1.165, 1.54) is 25.3 Å². The quantitative estimate of drug-likeness (QED) is 0.832. The molecular weight excluding hydrogens is 292 g/mol. The topological polar surface area (TPSA) is 58.6 Å². The Morgan fingerprint density at radius 3 is 2.65 bits per heavy atom. The standard InChI is InChI=1S/C18H22N2O3/c21-18(9-8-15-6-4-12-22-15)19-14-16(17-7-5-13-23-17)20-10-2-1-3-11-20/h4-9,12-13,16H,1-3,10-11,14H2,(H,19,21)/b9-8+. The van der Waals surface area contributed by atoms with Gasteiger partial charge in [-0.1, -0.05) is 6.42 Å². The van der Waals surface area contributed by atoms with Crippen molar-refractivity contribution in [2.45, 2.75) is 25.3 Å². The van der Waals surface area contributed by atoms with E-state index in [9.17, 15) is 4.79 Å². The van der Waals surface area contributed by atoms with Crippen LogP contribution in [0.25, 0.3) is 6.08 Å².